The molecule has 3 aromatic carbocycles. The van der Waals surface area contributed by atoms with Crippen LogP contribution in [0.25, 0.3) is 0 Å². The fourth-order valence-electron chi connectivity index (χ4n) is 4.27. The molecule has 37 heavy (non-hydrogen) atoms. The molecule has 0 aromatic heterocycles. The van der Waals surface area contributed by atoms with Crippen LogP contribution in [-0.4, -0.2) is 17.5 Å². The van der Waals surface area contributed by atoms with E-state index in [4.69, 9.17) is 9.47 Å². The van der Waals surface area contributed by atoms with Crippen molar-refractivity contribution >= 4 is 11.7 Å². The quantitative estimate of drug-likeness (QED) is 0.0610. The fraction of sp³-hybridized carbons (Fsp3) is 0.387. The van der Waals surface area contributed by atoms with Crippen LogP contribution in [0.5, 0.6) is 5.75 Å². The van der Waals surface area contributed by atoms with Crippen LogP contribution >= 0.6 is 0 Å². The third kappa shape index (κ3) is 10.6. The van der Waals surface area contributed by atoms with Gasteiger partial charge in [-0.15, -0.1) is 0 Å². The Labute approximate surface area is 219 Å². The van der Waals surface area contributed by atoms with Gasteiger partial charge in [0, 0.05) is 25.2 Å². The monoisotopic (exact) mass is 503 g/mol. The van der Waals surface area contributed by atoms with E-state index in [1.54, 1.807) is 0 Å². The van der Waals surface area contributed by atoms with Crippen molar-refractivity contribution in [1.29, 1.82) is 0 Å². The number of nitro groups is 1. The molecule has 6 nitrogen and oxygen atoms in total. The summed E-state index contributed by atoms with van der Waals surface area (Å²) in [7, 11) is 0. The van der Waals surface area contributed by atoms with Gasteiger partial charge in [0.25, 0.3) is 5.69 Å². The number of benzene rings is 3. The highest BCUT2D eigenvalue weighted by molar-refractivity contribution is 5.72. The van der Waals surface area contributed by atoms with E-state index in [9.17, 15) is 14.9 Å². The molecule has 0 aliphatic carbocycles. The zero-order valence-electron chi connectivity index (χ0n) is 21.4. The van der Waals surface area contributed by atoms with Gasteiger partial charge in [0.05, 0.1) is 4.92 Å². The van der Waals surface area contributed by atoms with Crippen LogP contribution < -0.4 is 4.74 Å². The zero-order valence-corrected chi connectivity index (χ0v) is 21.4. The fourth-order valence-corrected chi connectivity index (χ4v) is 4.27. The average Bonchev–Trinajstić information content (AvgIpc) is 2.92. The number of rotatable bonds is 17. The molecule has 0 spiro atoms. The topological polar surface area (TPSA) is 78.7 Å². The second-order valence-corrected chi connectivity index (χ2v) is 9.23. The standard InChI is InChI=1S/C31H37NO5/c33-30(37-29-23-21-28(22-24-29)32(34)35)20-14-6-4-2-1-3-5-7-15-25-36-31(26-16-10-8-11-17-26)27-18-12-9-13-19-27/h8-13,16-19,21-24,31H,1-7,14-15,20,25H2. The van der Waals surface area contributed by atoms with Gasteiger partial charge in [-0.1, -0.05) is 106 Å². The summed E-state index contributed by atoms with van der Waals surface area (Å²) in [6.07, 6.45) is 10.3. The maximum atomic E-state index is 11.9. The number of hydrogen-bond acceptors (Lipinski definition) is 5. The molecule has 6 heteroatoms. The van der Waals surface area contributed by atoms with Crippen molar-refractivity contribution in [3.05, 3.63) is 106 Å². The number of ether oxygens (including phenoxy) is 2. The van der Waals surface area contributed by atoms with Crippen molar-refractivity contribution in [3.8, 4) is 5.75 Å². The second-order valence-electron chi connectivity index (χ2n) is 9.23. The molecular formula is C31H37NO5. The van der Waals surface area contributed by atoms with Crippen LogP contribution in [0.3, 0.4) is 0 Å². The summed E-state index contributed by atoms with van der Waals surface area (Å²) in [5.74, 6) is 0.0505. The van der Waals surface area contributed by atoms with E-state index < -0.39 is 4.92 Å². The number of nitrogens with zero attached hydrogens (tertiary/aromatic N) is 1. The van der Waals surface area contributed by atoms with Crippen molar-refractivity contribution in [2.45, 2.75) is 70.3 Å². The Hall–Kier alpha value is -3.51. The van der Waals surface area contributed by atoms with Gasteiger partial charge in [-0.2, -0.15) is 0 Å². The molecule has 0 saturated carbocycles. The van der Waals surface area contributed by atoms with E-state index in [0.29, 0.717) is 12.2 Å². The molecule has 0 aliphatic rings. The largest absolute Gasteiger partial charge is 0.427 e. The maximum absolute atomic E-state index is 11.9. The highest BCUT2D eigenvalue weighted by Crippen LogP contribution is 2.26. The molecule has 0 aliphatic heterocycles. The van der Waals surface area contributed by atoms with E-state index in [-0.39, 0.29) is 17.8 Å². The summed E-state index contributed by atoms with van der Waals surface area (Å²) in [5.41, 5.74) is 2.36. The van der Waals surface area contributed by atoms with Gasteiger partial charge in [0.15, 0.2) is 0 Å². The van der Waals surface area contributed by atoms with Crippen LogP contribution in [0.2, 0.25) is 0 Å². The average molecular weight is 504 g/mol. The third-order valence-corrected chi connectivity index (χ3v) is 6.29. The van der Waals surface area contributed by atoms with Crippen LogP contribution in [-0.2, 0) is 9.53 Å². The minimum atomic E-state index is -0.478. The first-order valence-electron chi connectivity index (χ1n) is 13.3. The minimum absolute atomic E-state index is 0.0196. The van der Waals surface area contributed by atoms with Crippen LogP contribution in [0.4, 0.5) is 5.69 Å². The summed E-state index contributed by atoms with van der Waals surface area (Å²) < 4.78 is 11.5. The van der Waals surface area contributed by atoms with Gasteiger partial charge in [-0.3, -0.25) is 14.9 Å². The molecule has 0 saturated heterocycles. The molecule has 0 heterocycles. The Bertz CT molecular complexity index is 1010. The number of carbonyl (C=O) groups is 1. The predicted octanol–water partition coefficient (Wildman–Crippen LogP) is 8.21. The molecule has 0 unspecified atom stereocenters. The van der Waals surface area contributed by atoms with Crippen molar-refractivity contribution in [3.63, 3.8) is 0 Å². The summed E-state index contributed by atoms with van der Waals surface area (Å²) in [6, 6.07) is 26.4. The molecular weight excluding hydrogens is 466 g/mol. The molecule has 0 bridgehead atoms. The van der Waals surface area contributed by atoms with E-state index in [0.717, 1.165) is 32.3 Å². The zero-order chi connectivity index (χ0) is 26.1. The SMILES string of the molecule is O=C(CCCCCCCCCCCOC(c1ccccc1)c1ccccc1)Oc1ccc([N+](=O)[O-])cc1. The molecule has 0 fully saturated rings. The minimum Gasteiger partial charge on any atom is -0.427 e. The van der Waals surface area contributed by atoms with E-state index in [2.05, 4.69) is 48.5 Å². The Balaban J connectivity index is 1.18. The smallest absolute Gasteiger partial charge is 0.311 e. The maximum Gasteiger partial charge on any atom is 0.311 e. The summed E-state index contributed by atoms with van der Waals surface area (Å²) in [4.78, 5) is 22.1. The van der Waals surface area contributed by atoms with Crippen LogP contribution in [0.15, 0.2) is 84.9 Å². The highest BCUT2D eigenvalue weighted by atomic mass is 16.6. The predicted molar refractivity (Wildman–Crippen MR) is 146 cm³/mol. The molecule has 3 aromatic rings. The number of non-ortho nitro benzene ring substituents is 1. The van der Waals surface area contributed by atoms with Gasteiger partial charge in [-0.05, 0) is 36.1 Å². The molecule has 196 valence electrons. The van der Waals surface area contributed by atoms with Crippen molar-refractivity contribution in [1.82, 2.24) is 0 Å². The molecule has 0 atom stereocenters. The Morgan fingerprint density at radius 3 is 1.68 bits per heavy atom. The molecule has 0 N–H and O–H groups in total. The first-order chi connectivity index (χ1) is 18.1. The number of unbranched alkanes of at least 4 members (excludes halogenated alkanes) is 8. The lowest BCUT2D eigenvalue weighted by molar-refractivity contribution is -0.384. The van der Waals surface area contributed by atoms with Gasteiger partial charge >= 0.3 is 5.97 Å². The van der Waals surface area contributed by atoms with E-state index in [1.807, 2.05) is 12.1 Å². The number of hydrogen-bond donors (Lipinski definition) is 0. The van der Waals surface area contributed by atoms with E-state index >= 15 is 0 Å². The van der Waals surface area contributed by atoms with Gasteiger partial charge < -0.3 is 9.47 Å². The molecule has 0 radical (unpaired) electrons. The van der Waals surface area contributed by atoms with Gasteiger partial charge in [0.2, 0.25) is 0 Å². The van der Waals surface area contributed by atoms with Crippen LogP contribution in [0.1, 0.15) is 81.4 Å². The van der Waals surface area contributed by atoms with E-state index in [1.165, 1.54) is 67.5 Å². The Morgan fingerprint density at radius 1 is 0.676 bits per heavy atom. The second kappa shape index (κ2) is 16.3. The normalized spacial score (nSPS) is 10.9. The number of esters is 1. The lowest BCUT2D eigenvalue weighted by atomic mass is 10.0. The Kier molecular flexibility index (Phi) is 12.3. The van der Waals surface area contributed by atoms with Crippen molar-refractivity contribution in [2.24, 2.45) is 0 Å². The first-order valence-corrected chi connectivity index (χ1v) is 13.3. The molecule has 3 rings (SSSR count). The summed E-state index contributed by atoms with van der Waals surface area (Å²) >= 11 is 0. The first kappa shape index (κ1) is 28.1. The summed E-state index contributed by atoms with van der Waals surface area (Å²) in [6.45, 7) is 0.754. The van der Waals surface area contributed by atoms with Crippen LogP contribution in [0, 0.1) is 10.1 Å². The Morgan fingerprint density at radius 2 is 1.16 bits per heavy atom. The van der Waals surface area contributed by atoms with Gasteiger partial charge in [-0.25, -0.2) is 0 Å². The third-order valence-electron chi connectivity index (χ3n) is 6.29. The number of nitro benzene ring substituents is 1. The van der Waals surface area contributed by atoms with Crippen molar-refractivity contribution in [2.75, 3.05) is 6.61 Å². The van der Waals surface area contributed by atoms with Gasteiger partial charge in [0.1, 0.15) is 11.9 Å². The highest BCUT2D eigenvalue weighted by Gasteiger charge is 2.14. The lowest BCUT2D eigenvalue weighted by Crippen LogP contribution is -2.07. The lowest BCUT2D eigenvalue weighted by Gasteiger charge is -2.19. The number of carbonyl (C=O) groups excluding carboxylic acids is 1. The summed E-state index contributed by atoms with van der Waals surface area (Å²) in [5, 5.41) is 10.7. The van der Waals surface area contributed by atoms with Crippen molar-refractivity contribution < 1.29 is 19.2 Å². The molecule has 0 amide bonds.